The molecule has 2 N–H and O–H groups in total. The molecule has 1 atom stereocenters. The number of benzene rings is 1. The molecule has 3 rings (SSSR count). The Morgan fingerprint density at radius 2 is 2.21 bits per heavy atom. The molecule has 3 aromatic rings. The van der Waals surface area contributed by atoms with E-state index in [9.17, 15) is 4.79 Å². The van der Waals surface area contributed by atoms with Crippen LogP contribution in [0.15, 0.2) is 60.0 Å². The zero-order valence-corrected chi connectivity index (χ0v) is 20.4. The molecule has 0 bridgehead atoms. The summed E-state index contributed by atoms with van der Waals surface area (Å²) in [7, 11) is 1.85. The number of hydrogen-bond acceptors (Lipinski definition) is 5. The van der Waals surface area contributed by atoms with E-state index in [1.807, 2.05) is 63.5 Å². The fraction of sp³-hybridized carbons (Fsp3) is 0.200. The van der Waals surface area contributed by atoms with Gasteiger partial charge in [-0.1, -0.05) is 29.9 Å². The zero-order chi connectivity index (χ0) is 19.2. The predicted octanol–water partition coefficient (Wildman–Crippen LogP) is 0.291. The average Bonchev–Trinajstić information content (AvgIpc) is 3.27. The normalized spacial score (nSPS) is 12.6. The average molecular weight is 419 g/mol. The number of hydrogen-bond donors (Lipinski definition) is 2. The van der Waals surface area contributed by atoms with Gasteiger partial charge in [-0.3, -0.25) is 9.89 Å². The van der Waals surface area contributed by atoms with Crippen molar-refractivity contribution in [2.24, 2.45) is 12.0 Å². The third-order valence-electron chi connectivity index (χ3n) is 3.88. The first kappa shape index (κ1) is 22.9. The summed E-state index contributed by atoms with van der Waals surface area (Å²) in [4.78, 5) is 18.4. The first-order valence-electron chi connectivity index (χ1n) is 8.51. The van der Waals surface area contributed by atoms with E-state index in [1.165, 1.54) is 11.3 Å². The molecule has 8 heteroatoms. The van der Waals surface area contributed by atoms with E-state index in [4.69, 9.17) is 0 Å². The Kier molecular flexibility index (Phi) is 8.93. The number of rotatable bonds is 6. The Hall–Kier alpha value is -1.42. The van der Waals surface area contributed by atoms with Crippen molar-refractivity contribution in [3.63, 3.8) is 0 Å². The van der Waals surface area contributed by atoms with Crippen molar-refractivity contribution in [2.75, 3.05) is 5.32 Å². The Morgan fingerprint density at radius 1 is 1.39 bits per heavy atom. The maximum Gasteiger partial charge on any atom is 1.00 e. The molecule has 28 heavy (non-hydrogen) atoms. The van der Waals surface area contributed by atoms with Gasteiger partial charge in [0.15, 0.2) is 0 Å². The molecular formula is C20H21KN5OS-. The van der Waals surface area contributed by atoms with Crippen molar-refractivity contribution in [3.8, 4) is 0 Å². The van der Waals surface area contributed by atoms with Gasteiger partial charge in [-0.25, -0.2) is 0 Å². The van der Waals surface area contributed by atoms with Crippen molar-refractivity contribution in [2.45, 2.75) is 19.9 Å². The Balaban J connectivity index is 0.00000280. The van der Waals surface area contributed by atoms with Gasteiger partial charge in [0.1, 0.15) is 0 Å². The molecule has 0 aliphatic carbocycles. The minimum absolute atomic E-state index is 0. The second kappa shape index (κ2) is 10.9. The smallest absolute Gasteiger partial charge is 0.560 e. The van der Waals surface area contributed by atoms with Crippen LogP contribution in [0.1, 0.15) is 33.1 Å². The molecule has 140 valence electrons. The summed E-state index contributed by atoms with van der Waals surface area (Å²) >= 11 is 1.48. The largest absolute Gasteiger partial charge is 1.00 e. The molecule has 0 fully saturated rings. The van der Waals surface area contributed by atoms with Crippen LogP contribution in [0.2, 0.25) is 0 Å². The Bertz CT molecular complexity index is 1020. The van der Waals surface area contributed by atoms with Crippen molar-refractivity contribution in [1.82, 2.24) is 15.1 Å². The van der Waals surface area contributed by atoms with Gasteiger partial charge in [-0.15, -0.1) is 17.5 Å². The molecule has 0 aliphatic heterocycles. The number of nitrogens with one attached hydrogen (secondary N) is 2. The Morgan fingerprint density at radius 3 is 2.89 bits per heavy atom. The van der Waals surface area contributed by atoms with Gasteiger partial charge in [0.25, 0.3) is 5.91 Å². The van der Waals surface area contributed by atoms with Crippen LogP contribution in [0.3, 0.4) is 0 Å². The topological polar surface area (TPSA) is 71.3 Å². The third kappa shape index (κ3) is 6.58. The SMILES string of the molecule is Cc1ccc(C(=O)Nc2cccc(C(C)N[C-]=CN=c3cnn(C)[cH-]3)c2)s1.[K+]. The number of aryl methyl sites for hydroxylation is 2. The molecular weight excluding hydrogens is 397 g/mol. The minimum Gasteiger partial charge on any atom is -0.560 e. The van der Waals surface area contributed by atoms with E-state index in [2.05, 4.69) is 26.9 Å². The standard InChI is InChI=1S/C20H21N5OS.K/c1-14-7-8-19(27-14)20(26)24-17-6-4-5-16(11-17)15(2)21-9-10-22-18-12-23-25(3)13-18;/h4-8,10-13,15,21H,1-3H3,(H,24,26);/q-2;+1. The second-order valence-electron chi connectivity index (χ2n) is 6.13. The number of carbonyl (C=O) groups is 1. The van der Waals surface area contributed by atoms with Crippen molar-refractivity contribution < 1.29 is 56.2 Å². The molecule has 2 aromatic heterocycles. The van der Waals surface area contributed by atoms with Gasteiger partial charge >= 0.3 is 51.4 Å². The number of aromatic nitrogens is 2. The summed E-state index contributed by atoms with van der Waals surface area (Å²) in [6.45, 7) is 4.01. The van der Waals surface area contributed by atoms with E-state index >= 15 is 0 Å². The summed E-state index contributed by atoms with van der Waals surface area (Å²) in [6, 6.07) is 11.6. The summed E-state index contributed by atoms with van der Waals surface area (Å²) in [5, 5.41) is 10.9. The van der Waals surface area contributed by atoms with Crippen LogP contribution in [0.4, 0.5) is 5.69 Å². The summed E-state index contributed by atoms with van der Waals surface area (Å²) in [5.41, 5.74) is 1.80. The van der Waals surface area contributed by atoms with E-state index in [1.54, 1.807) is 17.1 Å². The molecule has 2 heterocycles. The molecule has 0 saturated heterocycles. The molecule has 1 amide bonds. The molecule has 0 spiro atoms. The van der Waals surface area contributed by atoms with Crippen LogP contribution < -0.4 is 67.4 Å². The molecule has 6 nitrogen and oxygen atoms in total. The van der Waals surface area contributed by atoms with Gasteiger partial charge in [-0.2, -0.15) is 0 Å². The fourth-order valence-corrected chi connectivity index (χ4v) is 3.23. The summed E-state index contributed by atoms with van der Waals surface area (Å²) in [5.74, 6) is -0.0902. The Labute approximate surface area is 211 Å². The monoisotopic (exact) mass is 418 g/mol. The second-order valence-corrected chi connectivity index (χ2v) is 7.42. The van der Waals surface area contributed by atoms with E-state index in [-0.39, 0.29) is 63.3 Å². The van der Waals surface area contributed by atoms with Crippen LogP contribution in [-0.2, 0) is 7.05 Å². The number of amides is 1. The number of nitrogens with zero attached hydrogens (tertiary/aromatic N) is 3. The fourth-order valence-electron chi connectivity index (χ4n) is 2.46. The molecule has 1 aromatic carbocycles. The quantitative estimate of drug-likeness (QED) is 0.343. The minimum atomic E-state index is -0.0902. The van der Waals surface area contributed by atoms with E-state index in [0.717, 1.165) is 21.5 Å². The molecule has 0 saturated carbocycles. The number of carbonyl (C=O) groups excluding carboxylic acids is 1. The van der Waals surface area contributed by atoms with E-state index in [0.29, 0.717) is 4.88 Å². The van der Waals surface area contributed by atoms with Crippen LogP contribution in [0.25, 0.3) is 0 Å². The molecule has 0 aliphatic rings. The third-order valence-corrected chi connectivity index (χ3v) is 4.88. The summed E-state index contributed by atoms with van der Waals surface area (Å²) in [6.07, 6.45) is 8.05. The zero-order valence-electron chi connectivity index (χ0n) is 16.4. The number of thiophene rings is 1. The van der Waals surface area contributed by atoms with Crippen molar-refractivity contribution in [1.29, 1.82) is 0 Å². The molecule has 1 unspecified atom stereocenters. The van der Waals surface area contributed by atoms with Gasteiger partial charge in [-0.05, 0) is 43.7 Å². The van der Waals surface area contributed by atoms with Gasteiger partial charge < -0.3 is 26.5 Å². The first-order chi connectivity index (χ1) is 13.0. The van der Waals surface area contributed by atoms with Gasteiger partial charge in [0.2, 0.25) is 0 Å². The predicted molar refractivity (Wildman–Crippen MR) is 107 cm³/mol. The van der Waals surface area contributed by atoms with Gasteiger partial charge in [0, 0.05) is 23.7 Å². The molecule has 0 radical (unpaired) electrons. The van der Waals surface area contributed by atoms with Crippen LogP contribution >= 0.6 is 11.3 Å². The number of anilines is 1. The summed E-state index contributed by atoms with van der Waals surface area (Å²) < 4.78 is 1.69. The van der Waals surface area contributed by atoms with Crippen LogP contribution in [-0.4, -0.2) is 15.7 Å². The van der Waals surface area contributed by atoms with Crippen molar-refractivity contribution >= 4 is 22.9 Å². The van der Waals surface area contributed by atoms with E-state index < -0.39 is 0 Å². The van der Waals surface area contributed by atoms with Crippen LogP contribution in [0.5, 0.6) is 0 Å². The first-order valence-corrected chi connectivity index (χ1v) is 9.33. The van der Waals surface area contributed by atoms with Gasteiger partial charge in [0.05, 0.1) is 4.88 Å². The van der Waals surface area contributed by atoms with Crippen LogP contribution in [0, 0.1) is 13.1 Å². The maximum absolute atomic E-state index is 12.3. The maximum atomic E-state index is 12.3. The van der Waals surface area contributed by atoms with Crippen molar-refractivity contribution in [3.05, 3.63) is 81.9 Å².